The van der Waals surface area contributed by atoms with Gasteiger partial charge in [0, 0.05) is 37.5 Å². The molecule has 7 nitrogen and oxygen atoms in total. The van der Waals surface area contributed by atoms with E-state index in [-0.39, 0.29) is 0 Å². The molecule has 0 atom stereocenters. The highest BCUT2D eigenvalue weighted by Gasteiger charge is 2.12. The van der Waals surface area contributed by atoms with Crippen LogP contribution in [0.25, 0.3) is 17.0 Å². The summed E-state index contributed by atoms with van der Waals surface area (Å²) in [5.41, 5.74) is 3.04. The van der Waals surface area contributed by atoms with Crippen LogP contribution in [0.4, 0.5) is 11.6 Å². The monoisotopic (exact) mass is 399 g/mol. The SMILES string of the molecule is c1ccc(-c2cc(NCc3ccc(N4CCCCCC4)nc3)n3ncnc3n2)cc1. The Balaban J connectivity index is 1.34. The average molecular weight is 400 g/mol. The van der Waals surface area contributed by atoms with Crippen LogP contribution in [0.15, 0.2) is 61.1 Å². The molecular weight excluding hydrogens is 374 g/mol. The maximum absolute atomic E-state index is 4.71. The van der Waals surface area contributed by atoms with Gasteiger partial charge in [0.15, 0.2) is 0 Å². The zero-order valence-corrected chi connectivity index (χ0v) is 16.9. The molecular formula is C23H25N7. The number of anilines is 2. The van der Waals surface area contributed by atoms with Crippen LogP contribution < -0.4 is 10.2 Å². The van der Waals surface area contributed by atoms with Gasteiger partial charge in [0.2, 0.25) is 0 Å². The molecule has 0 aliphatic carbocycles. The van der Waals surface area contributed by atoms with Crippen LogP contribution >= 0.6 is 0 Å². The summed E-state index contributed by atoms with van der Waals surface area (Å²) >= 11 is 0. The van der Waals surface area contributed by atoms with E-state index in [9.17, 15) is 0 Å². The number of nitrogens with zero attached hydrogens (tertiary/aromatic N) is 6. The Labute approximate surface area is 175 Å². The second-order valence-electron chi connectivity index (χ2n) is 7.64. The first-order valence-electron chi connectivity index (χ1n) is 10.6. The van der Waals surface area contributed by atoms with Crippen LogP contribution in [0.2, 0.25) is 0 Å². The van der Waals surface area contributed by atoms with Crippen LogP contribution in [-0.4, -0.2) is 37.7 Å². The third-order valence-corrected chi connectivity index (χ3v) is 5.53. The summed E-state index contributed by atoms with van der Waals surface area (Å²) in [5.74, 6) is 2.51. The molecule has 0 amide bonds. The first-order valence-corrected chi connectivity index (χ1v) is 10.6. The van der Waals surface area contributed by atoms with Crippen molar-refractivity contribution in [2.75, 3.05) is 23.3 Å². The molecule has 0 radical (unpaired) electrons. The van der Waals surface area contributed by atoms with Gasteiger partial charge >= 0.3 is 0 Å². The third-order valence-electron chi connectivity index (χ3n) is 5.53. The number of nitrogens with one attached hydrogen (secondary N) is 1. The molecule has 4 heterocycles. The molecule has 0 saturated carbocycles. The lowest BCUT2D eigenvalue weighted by atomic mass is 10.1. The summed E-state index contributed by atoms with van der Waals surface area (Å²) in [5, 5.41) is 7.78. The van der Waals surface area contributed by atoms with Crippen LogP contribution in [0, 0.1) is 0 Å². The molecule has 1 N–H and O–H groups in total. The van der Waals surface area contributed by atoms with Gasteiger partial charge in [-0.2, -0.15) is 14.6 Å². The van der Waals surface area contributed by atoms with Crippen molar-refractivity contribution in [2.24, 2.45) is 0 Å². The molecule has 1 saturated heterocycles. The first-order chi connectivity index (χ1) is 14.9. The summed E-state index contributed by atoms with van der Waals surface area (Å²) in [6.45, 7) is 2.86. The van der Waals surface area contributed by atoms with Crippen molar-refractivity contribution in [3.63, 3.8) is 0 Å². The van der Waals surface area contributed by atoms with Crippen LogP contribution in [0.3, 0.4) is 0 Å². The average Bonchev–Trinajstić information content (AvgIpc) is 3.12. The molecule has 30 heavy (non-hydrogen) atoms. The minimum Gasteiger partial charge on any atom is -0.366 e. The molecule has 0 bridgehead atoms. The Morgan fingerprint density at radius 2 is 1.73 bits per heavy atom. The molecule has 1 aliphatic rings. The summed E-state index contributed by atoms with van der Waals surface area (Å²) in [6.07, 6.45) is 8.65. The van der Waals surface area contributed by atoms with Gasteiger partial charge in [0.25, 0.3) is 5.78 Å². The van der Waals surface area contributed by atoms with Crippen LogP contribution in [0.5, 0.6) is 0 Å². The Hall–Kier alpha value is -3.48. The molecule has 4 aromatic rings. The fourth-order valence-electron chi connectivity index (χ4n) is 3.90. The summed E-state index contributed by atoms with van der Waals surface area (Å²) in [4.78, 5) is 16.0. The molecule has 5 rings (SSSR count). The van der Waals surface area contributed by atoms with Crippen molar-refractivity contribution >= 4 is 17.4 Å². The van der Waals surface area contributed by atoms with Crippen LogP contribution in [0.1, 0.15) is 31.2 Å². The largest absolute Gasteiger partial charge is 0.366 e. The first kappa shape index (κ1) is 18.5. The van der Waals surface area contributed by atoms with Gasteiger partial charge in [-0.05, 0) is 24.5 Å². The Morgan fingerprint density at radius 3 is 2.50 bits per heavy atom. The van der Waals surface area contributed by atoms with E-state index in [0.29, 0.717) is 12.3 Å². The maximum Gasteiger partial charge on any atom is 0.254 e. The number of aromatic nitrogens is 5. The molecule has 1 aromatic carbocycles. The van der Waals surface area contributed by atoms with E-state index in [1.54, 1.807) is 4.52 Å². The predicted molar refractivity (Wildman–Crippen MR) is 118 cm³/mol. The van der Waals surface area contributed by atoms with Crippen molar-refractivity contribution in [3.05, 3.63) is 66.6 Å². The van der Waals surface area contributed by atoms with E-state index in [4.69, 9.17) is 4.98 Å². The zero-order valence-electron chi connectivity index (χ0n) is 16.9. The molecule has 0 unspecified atom stereocenters. The van der Waals surface area contributed by atoms with Crippen molar-refractivity contribution in [1.29, 1.82) is 0 Å². The van der Waals surface area contributed by atoms with Gasteiger partial charge in [0.05, 0.1) is 5.69 Å². The second-order valence-corrected chi connectivity index (χ2v) is 7.64. The van der Waals surface area contributed by atoms with Gasteiger partial charge in [-0.15, -0.1) is 0 Å². The van der Waals surface area contributed by atoms with Gasteiger partial charge in [-0.3, -0.25) is 0 Å². The number of benzene rings is 1. The minimum absolute atomic E-state index is 0.577. The third kappa shape index (κ3) is 3.96. The molecule has 7 heteroatoms. The normalized spacial score (nSPS) is 14.6. The topological polar surface area (TPSA) is 71.2 Å². The van der Waals surface area contributed by atoms with E-state index in [1.165, 1.54) is 32.0 Å². The minimum atomic E-state index is 0.577. The van der Waals surface area contributed by atoms with Crippen molar-refractivity contribution in [1.82, 2.24) is 24.6 Å². The fraction of sp³-hybridized carbons (Fsp3) is 0.304. The zero-order chi connectivity index (χ0) is 20.2. The molecule has 1 fully saturated rings. The summed E-state index contributed by atoms with van der Waals surface area (Å²) < 4.78 is 1.73. The standard InChI is InChI=1S/C23H25N7/c1-2-7-13-29(12-6-1)21-11-10-18(15-24-21)16-25-22-14-20(19-8-4-3-5-9-19)28-23-26-17-27-30(22)23/h3-5,8-11,14-15,17,25H,1-2,6-7,12-13,16H2. The lowest BCUT2D eigenvalue weighted by molar-refractivity contribution is 0.726. The highest BCUT2D eigenvalue weighted by atomic mass is 15.3. The predicted octanol–water partition coefficient (Wildman–Crippen LogP) is 4.18. The smallest absolute Gasteiger partial charge is 0.254 e. The van der Waals surface area contributed by atoms with Crippen LogP contribution in [-0.2, 0) is 6.54 Å². The van der Waals surface area contributed by atoms with Crippen molar-refractivity contribution in [2.45, 2.75) is 32.2 Å². The van der Waals surface area contributed by atoms with E-state index < -0.39 is 0 Å². The lowest BCUT2D eigenvalue weighted by Gasteiger charge is -2.21. The van der Waals surface area contributed by atoms with Gasteiger partial charge in [-0.25, -0.2) is 9.97 Å². The van der Waals surface area contributed by atoms with Crippen molar-refractivity contribution in [3.8, 4) is 11.3 Å². The molecule has 1 aliphatic heterocycles. The lowest BCUT2D eigenvalue weighted by Crippen LogP contribution is -2.24. The van der Waals surface area contributed by atoms with Gasteiger partial charge in [-0.1, -0.05) is 49.2 Å². The summed E-state index contributed by atoms with van der Waals surface area (Å²) in [6, 6.07) is 16.4. The molecule has 152 valence electrons. The molecule has 0 spiro atoms. The highest BCUT2D eigenvalue weighted by Crippen LogP contribution is 2.22. The van der Waals surface area contributed by atoms with E-state index in [0.717, 1.165) is 41.5 Å². The van der Waals surface area contributed by atoms with Gasteiger partial charge in [0.1, 0.15) is 18.0 Å². The highest BCUT2D eigenvalue weighted by molar-refractivity contribution is 5.65. The number of rotatable bonds is 5. The second kappa shape index (κ2) is 8.49. The quantitative estimate of drug-likeness (QED) is 0.543. The Bertz CT molecular complexity index is 1100. The van der Waals surface area contributed by atoms with E-state index in [1.807, 2.05) is 42.6 Å². The Morgan fingerprint density at radius 1 is 0.900 bits per heavy atom. The molecule has 3 aromatic heterocycles. The number of fused-ring (bicyclic) bond motifs is 1. The number of pyridine rings is 1. The maximum atomic E-state index is 4.71. The number of hydrogen-bond acceptors (Lipinski definition) is 6. The van der Waals surface area contributed by atoms with Gasteiger partial charge < -0.3 is 10.2 Å². The summed E-state index contributed by atoms with van der Waals surface area (Å²) in [7, 11) is 0. The fourth-order valence-corrected chi connectivity index (χ4v) is 3.90. The Kier molecular flexibility index (Phi) is 5.25. The number of hydrogen-bond donors (Lipinski definition) is 1. The van der Waals surface area contributed by atoms with E-state index >= 15 is 0 Å². The van der Waals surface area contributed by atoms with E-state index in [2.05, 4.69) is 37.4 Å². The van der Waals surface area contributed by atoms with Crippen molar-refractivity contribution < 1.29 is 0 Å².